The molecule has 3 atom stereocenters. The van der Waals surface area contributed by atoms with Gasteiger partial charge in [0.15, 0.2) is 0 Å². The van der Waals surface area contributed by atoms with E-state index in [0.29, 0.717) is 24.3 Å². The van der Waals surface area contributed by atoms with Crippen molar-refractivity contribution in [3.63, 3.8) is 0 Å². The minimum atomic E-state index is 0.189. The quantitative estimate of drug-likeness (QED) is 0.673. The molecule has 0 rings (SSSR count). The highest BCUT2D eigenvalue weighted by Crippen LogP contribution is 2.26. The molecule has 0 saturated carbocycles. The van der Waals surface area contributed by atoms with E-state index in [0.717, 1.165) is 12.8 Å². The summed E-state index contributed by atoms with van der Waals surface area (Å²) in [6, 6.07) is 0. The molecule has 0 bridgehead atoms. The minimum absolute atomic E-state index is 0.189. The highest BCUT2D eigenvalue weighted by atomic mass is 35.5. The number of hydrogen-bond acceptors (Lipinski definition) is 1. The zero-order valence-corrected chi connectivity index (χ0v) is 9.41. The third kappa shape index (κ3) is 3.97. The van der Waals surface area contributed by atoms with Crippen LogP contribution in [-0.2, 0) is 0 Å². The van der Waals surface area contributed by atoms with E-state index in [1.807, 2.05) is 0 Å². The molecule has 74 valence electrons. The van der Waals surface area contributed by atoms with E-state index >= 15 is 0 Å². The summed E-state index contributed by atoms with van der Waals surface area (Å²) >= 11 is 12.0. The molecule has 2 N–H and O–H groups in total. The normalized spacial score (nSPS) is 18.8. The van der Waals surface area contributed by atoms with Crippen LogP contribution in [0, 0.1) is 11.8 Å². The second-order valence-corrected chi connectivity index (χ2v) is 4.17. The van der Waals surface area contributed by atoms with Crippen LogP contribution in [0.2, 0.25) is 0 Å². The zero-order chi connectivity index (χ0) is 9.56. The molecule has 0 amide bonds. The minimum Gasteiger partial charge on any atom is -0.330 e. The topological polar surface area (TPSA) is 26.0 Å². The summed E-state index contributed by atoms with van der Waals surface area (Å²) in [5.74, 6) is 1.69. The van der Waals surface area contributed by atoms with E-state index in [1.54, 1.807) is 0 Å². The van der Waals surface area contributed by atoms with Crippen molar-refractivity contribution in [2.24, 2.45) is 17.6 Å². The molecule has 3 heteroatoms. The maximum atomic E-state index is 6.18. The van der Waals surface area contributed by atoms with Gasteiger partial charge in [-0.1, -0.05) is 20.3 Å². The number of alkyl halides is 2. The lowest BCUT2D eigenvalue weighted by Crippen LogP contribution is -2.25. The average Bonchev–Trinajstić information content (AvgIpc) is 2.06. The Balaban J connectivity index is 3.94. The van der Waals surface area contributed by atoms with Crippen molar-refractivity contribution in [2.75, 3.05) is 12.4 Å². The van der Waals surface area contributed by atoms with E-state index in [2.05, 4.69) is 13.8 Å². The van der Waals surface area contributed by atoms with Crippen molar-refractivity contribution in [1.29, 1.82) is 0 Å². The molecule has 0 aliphatic heterocycles. The first-order valence-corrected chi connectivity index (χ1v) is 5.54. The summed E-state index contributed by atoms with van der Waals surface area (Å²) in [6.45, 7) is 4.96. The lowest BCUT2D eigenvalue weighted by atomic mass is 9.88. The molecular weight excluding hydrogens is 193 g/mol. The van der Waals surface area contributed by atoms with Crippen LogP contribution >= 0.6 is 23.2 Å². The summed E-state index contributed by atoms with van der Waals surface area (Å²) in [7, 11) is 0. The fourth-order valence-electron chi connectivity index (χ4n) is 1.50. The van der Waals surface area contributed by atoms with Gasteiger partial charge in [-0.15, -0.1) is 23.2 Å². The predicted molar refractivity (Wildman–Crippen MR) is 57.0 cm³/mol. The van der Waals surface area contributed by atoms with Crippen LogP contribution in [-0.4, -0.2) is 17.8 Å². The molecule has 0 spiro atoms. The van der Waals surface area contributed by atoms with Crippen molar-refractivity contribution < 1.29 is 0 Å². The Kier molecular flexibility index (Phi) is 7.31. The lowest BCUT2D eigenvalue weighted by Gasteiger charge is -2.25. The molecule has 3 unspecified atom stereocenters. The van der Waals surface area contributed by atoms with Gasteiger partial charge in [-0.2, -0.15) is 0 Å². The van der Waals surface area contributed by atoms with Gasteiger partial charge in [-0.05, 0) is 24.8 Å². The largest absolute Gasteiger partial charge is 0.330 e. The van der Waals surface area contributed by atoms with Gasteiger partial charge in [-0.3, -0.25) is 0 Å². The van der Waals surface area contributed by atoms with E-state index in [9.17, 15) is 0 Å². The Morgan fingerprint density at radius 1 is 1.42 bits per heavy atom. The number of halogens is 2. The molecule has 0 saturated heterocycles. The molecule has 0 aromatic rings. The van der Waals surface area contributed by atoms with Crippen molar-refractivity contribution in [2.45, 2.75) is 32.1 Å². The van der Waals surface area contributed by atoms with Gasteiger partial charge in [-0.25, -0.2) is 0 Å². The smallest absolute Gasteiger partial charge is 0.0379 e. The third-order valence-electron chi connectivity index (χ3n) is 2.35. The first-order chi connectivity index (χ1) is 5.67. The Labute approximate surface area is 85.6 Å². The Hall–Kier alpha value is 0.540. The standard InChI is InChI=1S/C9H19Cl2N/c1-3-8(7(2)6-10)9(11)4-5-12/h7-9H,3-6,12H2,1-2H3. The fraction of sp³-hybridized carbons (Fsp3) is 1.00. The summed E-state index contributed by atoms with van der Waals surface area (Å²) in [4.78, 5) is 0. The van der Waals surface area contributed by atoms with Crippen molar-refractivity contribution in [3.05, 3.63) is 0 Å². The van der Waals surface area contributed by atoms with Crippen LogP contribution in [0.4, 0.5) is 0 Å². The van der Waals surface area contributed by atoms with Gasteiger partial charge in [0.25, 0.3) is 0 Å². The second-order valence-electron chi connectivity index (χ2n) is 3.30. The molecule has 0 aliphatic carbocycles. The van der Waals surface area contributed by atoms with E-state index in [4.69, 9.17) is 28.9 Å². The van der Waals surface area contributed by atoms with Crippen molar-refractivity contribution in [1.82, 2.24) is 0 Å². The summed E-state index contributed by atoms with van der Waals surface area (Å²) in [5, 5.41) is 0.189. The van der Waals surface area contributed by atoms with Gasteiger partial charge in [0.05, 0.1) is 0 Å². The van der Waals surface area contributed by atoms with Gasteiger partial charge >= 0.3 is 0 Å². The first kappa shape index (κ1) is 12.5. The van der Waals surface area contributed by atoms with Crippen LogP contribution < -0.4 is 5.73 Å². The molecule has 12 heavy (non-hydrogen) atoms. The van der Waals surface area contributed by atoms with Gasteiger partial charge in [0.2, 0.25) is 0 Å². The van der Waals surface area contributed by atoms with Crippen LogP contribution in [0.25, 0.3) is 0 Å². The maximum absolute atomic E-state index is 6.18. The Morgan fingerprint density at radius 2 is 2.00 bits per heavy atom. The van der Waals surface area contributed by atoms with Crippen molar-refractivity contribution >= 4 is 23.2 Å². The zero-order valence-electron chi connectivity index (χ0n) is 7.89. The monoisotopic (exact) mass is 211 g/mol. The first-order valence-electron chi connectivity index (χ1n) is 4.57. The molecule has 0 radical (unpaired) electrons. The van der Waals surface area contributed by atoms with Gasteiger partial charge in [0, 0.05) is 11.3 Å². The summed E-state index contributed by atoms with van der Waals surface area (Å²) < 4.78 is 0. The fourth-order valence-corrected chi connectivity index (χ4v) is 2.28. The van der Waals surface area contributed by atoms with Crippen LogP contribution in [0.15, 0.2) is 0 Å². The molecule has 0 fully saturated rings. The average molecular weight is 212 g/mol. The molecule has 0 aromatic carbocycles. The Bertz CT molecular complexity index is 109. The predicted octanol–water partition coefficient (Wildman–Crippen LogP) is 2.84. The van der Waals surface area contributed by atoms with Gasteiger partial charge < -0.3 is 5.73 Å². The number of rotatable bonds is 6. The van der Waals surface area contributed by atoms with Crippen LogP contribution in [0.3, 0.4) is 0 Å². The molecule has 0 heterocycles. The van der Waals surface area contributed by atoms with Gasteiger partial charge in [0.1, 0.15) is 0 Å². The van der Waals surface area contributed by atoms with E-state index in [-0.39, 0.29) is 5.38 Å². The molecule has 1 nitrogen and oxygen atoms in total. The maximum Gasteiger partial charge on any atom is 0.0379 e. The van der Waals surface area contributed by atoms with E-state index in [1.165, 1.54) is 0 Å². The highest BCUT2D eigenvalue weighted by molar-refractivity contribution is 6.21. The summed E-state index contributed by atoms with van der Waals surface area (Å²) in [6.07, 6.45) is 1.98. The molecular formula is C9H19Cl2N. The van der Waals surface area contributed by atoms with Crippen LogP contribution in [0.5, 0.6) is 0 Å². The SMILES string of the molecule is CCC(C(C)CCl)C(Cl)CCN. The molecule has 0 aliphatic rings. The second kappa shape index (κ2) is 6.99. The van der Waals surface area contributed by atoms with Crippen molar-refractivity contribution in [3.8, 4) is 0 Å². The number of nitrogens with two attached hydrogens (primary N) is 1. The Morgan fingerprint density at radius 3 is 2.33 bits per heavy atom. The van der Waals surface area contributed by atoms with E-state index < -0.39 is 0 Å². The van der Waals surface area contributed by atoms with Crippen LogP contribution in [0.1, 0.15) is 26.7 Å². The molecule has 0 aromatic heterocycles. The lowest BCUT2D eigenvalue weighted by molar-refractivity contribution is 0.352. The third-order valence-corrected chi connectivity index (χ3v) is 3.38. The number of hydrogen-bond donors (Lipinski definition) is 1. The summed E-state index contributed by atoms with van der Waals surface area (Å²) in [5.41, 5.74) is 5.45. The highest BCUT2D eigenvalue weighted by Gasteiger charge is 2.22.